The average molecular weight is 501 g/mol. The van der Waals surface area contributed by atoms with Gasteiger partial charge in [-0.3, -0.25) is 9.59 Å². The van der Waals surface area contributed by atoms with Crippen molar-refractivity contribution in [2.45, 2.75) is 83.7 Å². The van der Waals surface area contributed by atoms with Crippen molar-refractivity contribution in [3.8, 4) is 0 Å². The molecule has 1 fully saturated rings. The van der Waals surface area contributed by atoms with Crippen LogP contribution in [0.2, 0.25) is 5.02 Å². The van der Waals surface area contributed by atoms with Gasteiger partial charge in [-0.1, -0.05) is 79.2 Å². The minimum atomic E-state index is -0.480. The molecule has 0 bridgehead atoms. The largest absolute Gasteiger partial charge is 0.352 e. The first kappa shape index (κ1) is 26.6. The van der Waals surface area contributed by atoms with Crippen molar-refractivity contribution in [2.24, 2.45) is 0 Å². The summed E-state index contributed by atoms with van der Waals surface area (Å²) in [7, 11) is 0. The Kier molecular flexibility index (Phi) is 10.3. The Labute approximate surface area is 213 Å². The Hall–Kier alpha value is -1.98. The van der Waals surface area contributed by atoms with Crippen LogP contribution in [-0.2, 0) is 21.9 Å². The van der Waals surface area contributed by atoms with Gasteiger partial charge in [-0.2, -0.15) is 0 Å². The standard InChI is InChI=1S/C28H37ClN2O2S/c1-4-26(28(33)30-25-8-6-5-7-9-25)31(17-22-10-12-24(29)13-11-22)27(32)19-34-18-23-15-20(2)14-21(3)16-23/h10-16,25-26H,4-9,17-19H2,1-3H3,(H,30,33). The molecule has 0 heterocycles. The molecule has 34 heavy (non-hydrogen) atoms. The quantitative estimate of drug-likeness (QED) is 0.408. The average Bonchev–Trinajstić information content (AvgIpc) is 2.80. The van der Waals surface area contributed by atoms with Gasteiger partial charge in [0.2, 0.25) is 11.8 Å². The molecule has 4 nitrogen and oxygen atoms in total. The van der Waals surface area contributed by atoms with E-state index in [0.717, 1.165) is 37.0 Å². The van der Waals surface area contributed by atoms with Crippen molar-refractivity contribution < 1.29 is 9.59 Å². The first-order chi connectivity index (χ1) is 16.4. The number of benzene rings is 2. The van der Waals surface area contributed by atoms with Crippen LogP contribution < -0.4 is 5.32 Å². The molecule has 2 aromatic rings. The van der Waals surface area contributed by atoms with Crippen LogP contribution in [0.3, 0.4) is 0 Å². The molecule has 184 valence electrons. The summed E-state index contributed by atoms with van der Waals surface area (Å²) in [5, 5.41) is 3.89. The molecular formula is C28H37ClN2O2S. The second-order valence-electron chi connectivity index (χ2n) is 9.40. The van der Waals surface area contributed by atoms with Gasteiger partial charge in [0.05, 0.1) is 5.75 Å². The van der Waals surface area contributed by atoms with Gasteiger partial charge in [0.1, 0.15) is 6.04 Å². The van der Waals surface area contributed by atoms with Crippen LogP contribution in [0.5, 0.6) is 0 Å². The van der Waals surface area contributed by atoms with Gasteiger partial charge in [-0.25, -0.2) is 0 Å². The summed E-state index contributed by atoms with van der Waals surface area (Å²) in [6.45, 7) is 6.57. The SMILES string of the molecule is CCC(C(=O)NC1CCCCC1)N(Cc1ccc(Cl)cc1)C(=O)CSCc1cc(C)cc(C)c1. The third kappa shape index (κ3) is 8.06. The van der Waals surface area contributed by atoms with Crippen LogP contribution in [-0.4, -0.2) is 34.6 Å². The van der Waals surface area contributed by atoms with Crippen LogP contribution in [0.15, 0.2) is 42.5 Å². The lowest BCUT2D eigenvalue weighted by Gasteiger charge is -2.32. The molecule has 1 aliphatic rings. The minimum absolute atomic E-state index is 0.00466. The highest BCUT2D eigenvalue weighted by Gasteiger charge is 2.30. The number of hydrogen-bond acceptors (Lipinski definition) is 3. The maximum Gasteiger partial charge on any atom is 0.243 e. The van der Waals surface area contributed by atoms with Gasteiger partial charge >= 0.3 is 0 Å². The van der Waals surface area contributed by atoms with E-state index in [1.54, 1.807) is 16.7 Å². The third-order valence-electron chi connectivity index (χ3n) is 6.38. The van der Waals surface area contributed by atoms with Crippen molar-refractivity contribution in [2.75, 3.05) is 5.75 Å². The second-order valence-corrected chi connectivity index (χ2v) is 10.8. The lowest BCUT2D eigenvalue weighted by Crippen LogP contribution is -2.52. The molecule has 2 amide bonds. The molecule has 1 saturated carbocycles. The van der Waals surface area contributed by atoms with E-state index in [1.165, 1.54) is 23.1 Å². The van der Waals surface area contributed by atoms with Crippen molar-refractivity contribution in [1.82, 2.24) is 10.2 Å². The molecule has 0 radical (unpaired) electrons. The number of amides is 2. The summed E-state index contributed by atoms with van der Waals surface area (Å²) < 4.78 is 0. The number of halogens is 1. The number of carbonyl (C=O) groups excluding carboxylic acids is 2. The van der Waals surface area contributed by atoms with Gasteiger partial charge in [-0.05, 0) is 56.4 Å². The normalized spacial score (nSPS) is 15.1. The predicted molar refractivity (Wildman–Crippen MR) is 143 cm³/mol. The molecule has 2 aromatic carbocycles. The first-order valence-electron chi connectivity index (χ1n) is 12.3. The van der Waals surface area contributed by atoms with Crippen LogP contribution in [0.25, 0.3) is 0 Å². The van der Waals surface area contributed by atoms with Crippen molar-refractivity contribution in [3.05, 3.63) is 69.7 Å². The Morgan fingerprint density at radius 2 is 1.68 bits per heavy atom. The molecule has 0 spiro atoms. The molecule has 1 aliphatic carbocycles. The monoisotopic (exact) mass is 500 g/mol. The lowest BCUT2D eigenvalue weighted by molar-refractivity contribution is -0.139. The maximum absolute atomic E-state index is 13.4. The summed E-state index contributed by atoms with van der Waals surface area (Å²) >= 11 is 7.66. The zero-order valence-electron chi connectivity index (χ0n) is 20.6. The van der Waals surface area contributed by atoms with E-state index in [1.807, 2.05) is 31.2 Å². The van der Waals surface area contributed by atoms with E-state index in [0.29, 0.717) is 23.7 Å². The number of nitrogens with zero attached hydrogens (tertiary/aromatic N) is 1. The molecule has 0 saturated heterocycles. The van der Waals surface area contributed by atoms with Crippen molar-refractivity contribution in [1.29, 1.82) is 0 Å². The molecule has 0 aromatic heterocycles. The topological polar surface area (TPSA) is 49.4 Å². The van der Waals surface area contributed by atoms with Gasteiger partial charge in [-0.15, -0.1) is 11.8 Å². The van der Waals surface area contributed by atoms with E-state index in [2.05, 4.69) is 37.4 Å². The van der Waals surface area contributed by atoms with E-state index >= 15 is 0 Å². The minimum Gasteiger partial charge on any atom is -0.352 e. The van der Waals surface area contributed by atoms with Gasteiger partial charge in [0.25, 0.3) is 0 Å². The fourth-order valence-corrected chi connectivity index (χ4v) is 5.71. The Morgan fingerprint density at radius 3 is 2.29 bits per heavy atom. The van der Waals surface area contributed by atoms with Crippen LogP contribution in [0.4, 0.5) is 0 Å². The van der Waals surface area contributed by atoms with E-state index in [4.69, 9.17) is 11.6 Å². The summed E-state index contributed by atoms with van der Waals surface area (Å²) in [6, 6.07) is 13.8. The van der Waals surface area contributed by atoms with Crippen LogP contribution >= 0.6 is 23.4 Å². The molecule has 1 unspecified atom stereocenters. The van der Waals surface area contributed by atoms with E-state index in [9.17, 15) is 9.59 Å². The molecular weight excluding hydrogens is 464 g/mol. The fraction of sp³-hybridized carbons (Fsp3) is 0.500. The fourth-order valence-electron chi connectivity index (χ4n) is 4.74. The smallest absolute Gasteiger partial charge is 0.243 e. The van der Waals surface area contributed by atoms with Crippen LogP contribution in [0, 0.1) is 13.8 Å². The van der Waals surface area contributed by atoms with Crippen LogP contribution in [0.1, 0.15) is 67.7 Å². The number of nitrogens with one attached hydrogen (secondary N) is 1. The summed E-state index contributed by atoms with van der Waals surface area (Å²) in [5.74, 6) is 1.08. The van der Waals surface area contributed by atoms with Crippen molar-refractivity contribution >= 4 is 35.2 Å². The molecule has 6 heteroatoms. The van der Waals surface area contributed by atoms with Gasteiger partial charge in [0.15, 0.2) is 0 Å². The number of carbonyl (C=O) groups is 2. The maximum atomic E-state index is 13.4. The Morgan fingerprint density at radius 1 is 1.03 bits per heavy atom. The third-order valence-corrected chi connectivity index (χ3v) is 7.62. The molecule has 3 rings (SSSR count). The van der Waals surface area contributed by atoms with Gasteiger partial charge < -0.3 is 10.2 Å². The first-order valence-corrected chi connectivity index (χ1v) is 13.9. The van der Waals surface area contributed by atoms with E-state index < -0.39 is 6.04 Å². The zero-order chi connectivity index (χ0) is 24.5. The zero-order valence-corrected chi connectivity index (χ0v) is 22.2. The highest BCUT2D eigenvalue weighted by molar-refractivity contribution is 7.99. The van der Waals surface area contributed by atoms with E-state index in [-0.39, 0.29) is 17.9 Å². The second kappa shape index (κ2) is 13.2. The summed E-state index contributed by atoms with van der Waals surface area (Å²) in [4.78, 5) is 28.5. The number of thioether (sulfide) groups is 1. The summed E-state index contributed by atoms with van der Waals surface area (Å²) in [6.07, 6.45) is 6.19. The number of aryl methyl sites for hydroxylation is 2. The summed E-state index contributed by atoms with van der Waals surface area (Å²) in [5.41, 5.74) is 4.66. The predicted octanol–water partition coefficient (Wildman–Crippen LogP) is 6.45. The molecule has 0 aliphatic heterocycles. The van der Waals surface area contributed by atoms with Crippen molar-refractivity contribution in [3.63, 3.8) is 0 Å². The Balaban J connectivity index is 1.70. The highest BCUT2D eigenvalue weighted by Crippen LogP contribution is 2.21. The number of hydrogen-bond donors (Lipinski definition) is 1. The highest BCUT2D eigenvalue weighted by atomic mass is 35.5. The lowest BCUT2D eigenvalue weighted by atomic mass is 9.95. The van der Waals surface area contributed by atoms with Gasteiger partial charge in [0, 0.05) is 23.4 Å². The molecule has 1 N–H and O–H groups in total. The Bertz CT molecular complexity index is 937. The molecule has 1 atom stereocenters. The number of rotatable bonds is 10.